The number of hydrogen-bond donors (Lipinski definition) is 0. The maximum atomic E-state index is 12.2. The first-order chi connectivity index (χ1) is 9.60. The smallest absolute Gasteiger partial charge is 0.260 e. The Hall–Kier alpha value is -0.930. The van der Waals surface area contributed by atoms with E-state index in [1.807, 2.05) is 4.90 Å². The summed E-state index contributed by atoms with van der Waals surface area (Å²) in [5.74, 6) is 1.29. The van der Waals surface area contributed by atoms with Gasteiger partial charge in [-0.2, -0.15) is 0 Å². The normalized spacial score (nSPS) is 14.2. The molecule has 3 nitrogen and oxygen atoms in total. The number of rotatable bonds is 7. The highest BCUT2D eigenvalue weighted by molar-refractivity contribution is 6.42. The Labute approximate surface area is 129 Å². The SMILES string of the molecule is CCCN(CC1CC1)C(=O)COc1ccc(Cl)c(Cl)c1. The molecular weight excluding hydrogens is 297 g/mol. The molecule has 0 saturated heterocycles. The Bertz CT molecular complexity index is 475. The standard InChI is InChI=1S/C15H19Cl2NO2/c1-2-7-18(9-11-3-4-11)15(19)10-20-12-5-6-13(16)14(17)8-12/h5-6,8,11H,2-4,7,9-10H2,1H3. The maximum absolute atomic E-state index is 12.2. The van der Waals surface area contributed by atoms with E-state index in [-0.39, 0.29) is 12.5 Å². The van der Waals surface area contributed by atoms with E-state index >= 15 is 0 Å². The van der Waals surface area contributed by atoms with Crippen LogP contribution in [0.15, 0.2) is 18.2 Å². The van der Waals surface area contributed by atoms with Crippen LogP contribution in [-0.2, 0) is 4.79 Å². The third-order valence-corrected chi connectivity index (χ3v) is 4.01. The zero-order chi connectivity index (χ0) is 14.5. The van der Waals surface area contributed by atoms with Crippen LogP contribution >= 0.6 is 23.2 Å². The van der Waals surface area contributed by atoms with Gasteiger partial charge in [-0.05, 0) is 37.3 Å². The van der Waals surface area contributed by atoms with E-state index < -0.39 is 0 Å². The number of carbonyl (C=O) groups excluding carboxylic acids is 1. The topological polar surface area (TPSA) is 29.5 Å². The summed E-state index contributed by atoms with van der Waals surface area (Å²) >= 11 is 11.7. The highest BCUT2D eigenvalue weighted by Crippen LogP contribution is 2.30. The van der Waals surface area contributed by atoms with Gasteiger partial charge in [-0.1, -0.05) is 30.1 Å². The van der Waals surface area contributed by atoms with E-state index in [0.29, 0.717) is 21.7 Å². The molecule has 2 rings (SSSR count). The van der Waals surface area contributed by atoms with E-state index in [0.717, 1.165) is 19.5 Å². The van der Waals surface area contributed by atoms with Crippen molar-refractivity contribution in [2.45, 2.75) is 26.2 Å². The van der Waals surface area contributed by atoms with Crippen LogP contribution in [0.25, 0.3) is 0 Å². The summed E-state index contributed by atoms with van der Waals surface area (Å²) in [6.45, 7) is 3.77. The van der Waals surface area contributed by atoms with Crippen LogP contribution < -0.4 is 4.74 Å². The molecule has 1 aromatic carbocycles. The molecular formula is C15H19Cl2NO2. The molecule has 1 aliphatic carbocycles. The third-order valence-electron chi connectivity index (χ3n) is 3.28. The van der Waals surface area contributed by atoms with E-state index in [1.165, 1.54) is 12.8 Å². The highest BCUT2D eigenvalue weighted by atomic mass is 35.5. The summed E-state index contributed by atoms with van der Waals surface area (Å²) in [5.41, 5.74) is 0. The van der Waals surface area contributed by atoms with Crippen molar-refractivity contribution >= 4 is 29.1 Å². The fourth-order valence-electron chi connectivity index (χ4n) is 2.00. The van der Waals surface area contributed by atoms with E-state index in [2.05, 4.69) is 6.92 Å². The van der Waals surface area contributed by atoms with Crippen LogP contribution in [0.4, 0.5) is 0 Å². The molecule has 1 amide bonds. The molecule has 0 bridgehead atoms. The Morgan fingerprint density at radius 1 is 1.35 bits per heavy atom. The second-order valence-corrected chi connectivity index (χ2v) is 5.96. The van der Waals surface area contributed by atoms with Crippen molar-refractivity contribution < 1.29 is 9.53 Å². The largest absolute Gasteiger partial charge is 0.484 e. The molecule has 1 saturated carbocycles. The molecule has 110 valence electrons. The lowest BCUT2D eigenvalue weighted by Crippen LogP contribution is -2.37. The lowest BCUT2D eigenvalue weighted by atomic mass is 10.3. The predicted molar refractivity (Wildman–Crippen MR) is 81.6 cm³/mol. The van der Waals surface area contributed by atoms with E-state index in [9.17, 15) is 4.79 Å². The van der Waals surface area contributed by atoms with Gasteiger partial charge in [0.05, 0.1) is 10.0 Å². The van der Waals surface area contributed by atoms with Gasteiger partial charge in [0.2, 0.25) is 0 Å². The minimum Gasteiger partial charge on any atom is -0.484 e. The molecule has 1 aromatic rings. The molecule has 0 unspecified atom stereocenters. The summed E-state index contributed by atoms with van der Waals surface area (Å²) < 4.78 is 5.50. The van der Waals surface area contributed by atoms with Gasteiger partial charge in [-0.25, -0.2) is 0 Å². The molecule has 20 heavy (non-hydrogen) atoms. The summed E-state index contributed by atoms with van der Waals surface area (Å²) in [6.07, 6.45) is 3.44. The van der Waals surface area contributed by atoms with Gasteiger partial charge in [0.1, 0.15) is 5.75 Å². The maximum Gasteiger partial charge on any atom is 0.260 e. The van der Waals surface area contributed by atoms with Gasteiger partial charge in [0.25, 0.3) is 5.91 Å². The number of halogens is 2. The number of carbonyl (C=O) groups is 1. The molecule has 0 radical (unpaired) electrons. The van der Waals surface area contributed by atoms with Gasteiger partial charge < -0.3 is 9.64 Å². The summed E-state index contributed by atoms with van der Waals surface area (Å²) in [4.78, 5) is 14.1. The van der Waals surface area contributed by atoms with Gasteiger partial charge >= 0.3 is 0 Å². The highest BCUT2D eigenvalue weighted by Gasteiger charge is 2.26. The number of hydrogen-bond acceptors (Lipinski definition) is 2. The zero-order valence-electron chi connectivity index (χ0n) is 11.6. The van der Waals surface area contributed by atoms with Crippen molar-refractivity contribution in [3.05, 3.63) is 28.2 Å². The van der Waals surface area contributed by atoms with Crippen LogP contribution in [-0.4, -0.2) is 30.5 Å². The van der Waals surface area contributed by atoms with E-state index in [1.54, 1.807) is 18.2 Å². The van der Waals surface area contributed by atoms with Crippen molar-refractivity contribution in [1.29, 1.82) is 0 Å². The Kier molecular flexibility index (Phi) is 5.55. The zero-order valence-corrected chi connectivity index (χ0v) is 13.1. The fraction of sp³-hybridized carbons (Fsp3) is 0.533. The molecule has 1 fully saturated rings. The Balaban J connectivity index is 1.86. The first-order valence-corrected chi connectivity index (χ1v) is 7.71. The Morgan fingerprint density at radius 3 is 2.70 bits per heavy atom. The average molecular weight is 316 g/mol. The van der Waals surface area contributed by atoms with Crippen LogP contribution in [0.3, 0.4) is 0 Å². The van der Waals surface area contributed by atoms with Gasteiger partial charge in [-0.3, -0.25) is 4.79 Å². The van der Waals surface area contributed by atoms with Crippen molar-refractivity contribution in [2.75, 3.05) is 19.7 Å². The molecule has 0 atom stereocenters. The van der Waals surface area contributed by atoms with Crippen molar-refractivity contribution in [1.82, 2.24) is 4.90 Å². The Morgan fingerprint density at radius 2 is 2.10 bits per heavy atom. The minimum absolute atomic E-state index is 0.0322. The molecule has 0 spiro atoms. The lowest BCUT2D eigenvalue weighted by Gasteiger charge is -2.22. The average Bonchev–Trinajstić information content (AvgIpc) is 3.23. The number of nitrogens with zero attached hydrogens (tertiary/aromatic N) is 1. The third kappa shape index (κ3) is 4.57. The quantitative estimate of drug-likeness (QED) is 0.760. The predicted octanol–water partition coefficient (Wildman–Crippen LogP) is 4.02. The molecule has 0 aromatic heterocycles. The fourth-order valence-corrected chi connectivity index (χ4v) is 2.29. The van der Waals surface area contributed by atoms with E-state index in [4.69, 9.17) is 27.9 Å². The monoisotopic (exact) mass is 315 g/mol. The van der Waals surface area contributed by atoms with Crippen molar-refractivity contribution in [2.24, 2.45) is 5.92 Å². The van der Waals surface area contributed by atoms with Crippen LogP contribution in [0.1, 0.15) is 26.2 Å². The summed E-state index contributed by atoms with van der Waals surface area (Å²) in [7, 11) is 0. The molecule has 0 aliphatic heterocycles. The van der Waals surface area contributed by atoms with Crippen molar-refractivity contribution in [3.8, 4) is 5.75 Å². The molecule has 5 heteroatoms. The second-order valence-electron chi connectivity index (χ2n) is 5.15. The number of benzene rings is 1. The minimum atomic E-state index is 0.0322. The first kappa shape index (κ1) is 15.5. The molecule has 0 heterocycles. The molecule has 1 aliphatic rings. The number of amides is 1. The summed E-state index contributed by atoms with van der Waals surface area (Å²) in [5, 5.41) is 0.909. The van der Waals surface area contributed by atoms with Crippen LogP contribution in [0.2, 0.25) is 10.0 Å². The second kappa shape index (κ2) is 7.19. The first-order valence-electron chi connectivity index (χ1n) is 6.95. The van der Waals surface area contributed by atoms with Gasteiger partial charge in [0.15, 0.2) is 6.61 Å². The van der Waals surface area contributed by atoms with Crippen LogP contribution in [0, 0.1) is 5.92 Å². The van der Waals surface area contributed by atoms with Crippen LogP contribution in [0.5, 0.6) is 5.75 Å². The lowest BCUT2D eigenvalue weighted by molar-refractivity contribution is -0.133. The molecule has 0 N–H and O–H groups in total. The van der Waals surface area contributed by atoms with Crippen molar-refractivity contribution in [3.63, 3.8) is 0 Å². The van der Waals surface area contributed by atoms with Gasteiger partial charge in [-0.15, -0.1) is 0 Å². The number of ether oxygens (including phenoxy) is 1. The summed E-state index contributed by atoms with van der Waals surface area (Å²) in [6, 6.07) is 5.01. The van der Waals surface area contributed by atoms with Gasteiger partial charge in [0, 0.05) is 19.2 Å².